The van der Waals surface area contributed by atoms with Gasteiger partial charge in [0, 0.05) is 30.9 Å². The topological polar surface area (TPSA) is 99.8 Å². The van der Waals surface area contributed by atoms with Crippen LogP contribution in [0, 0.1) is 0 Å². The molecule has 0 spiro atoms. The molecule has 7 nitrogen and oxygen atoms in total. The molecule has 8 heteroatoms. The Kier molecular flexibility index (Phi) is 3.82. The van der Waals surface area contributed by atoms with E-state index in [1.165, 1.54) is 10.9 Å². The van der Waals surface area contributed by atoms with Crippen LogP contribution in [-0.4, -0.2) is 33.8 Å². The molecule has 0 radical (unpaired) electrons. The third kappa shape index (κ3) is 3.76. The fourth-order valence-electron chi connectivity index (χ4n) is 1.58. The molecular formula is C11H12N4O3S. The lowest BCUT2D eigenvalue weighted by atomic mass is 10.3. The molecule has 0 aliphatic rings. The van der Waals surface area contributed by atoms with Gasteiger partial charge < -0.3 is 4.55 Å². The van der Waals surface area contributed by atoms with Crippen LogP contribution in [-0.2, 0) is 10.1 Å². The molecule has 0 fully saturated rings. The molecule has 0 saturated carbocycles. The van der Waals surface area contributed by atoms with E-state index in [1.807, 2.05) is 0 Å². The molecule has 0 bridgehead atoms. The number of nitrogens with zero attached hydrogens (tertiary/aromatic N) is 4. The van der Waals surface area contributed by atoms with Crippen molar-refractivity contribution in [2.45, 2.75) is 13.0 Å². The summed E-state index contributed by atoms with van der Waals surface area (Å²) in [6, 6.07) is 2.91. The fraction of sp³-hybridized carbons (Fsp3) is 0.273. The first-order chi connectivity index (χ1) is 8.96. The summed E-state index contributed by atoms with van der Waals surface area (Å²) in [4.78, 5) is 8.15. The number of rotatable bonds is 4. The molecule has 2 aromatic heterocycles. The van der Waals surface area contributed by atoms with Crippen LogP contribution in [0.15, 0.2) is 36.9 Å². The van der Waals surface area contributed by atoms with Gasteiger partial charge in [-0.1, -0.05) is 4.68 Å². The molecular weight excluding hydrogens is 268 g/mol. The van der Waals surface area contributed by atoms with E-state index in [0.717, 1.165) is 0 Å². The second-order valence-corrected chi connectivity index (χ2v) is 5.49. The molecule has 1 atom stereocenters. The van der Waals surface area contributed by atoms with Gasteiger partial charge in [-0.05, 0) is 11.2 Å². The summed E-state index contributed by atoms with van der Waals surface area (Å²) < 4.78 is 33.5. The summed E-state index contributed by atoms with van der Waals surface area (Å²) >= 11 is 0. The molecule has 19 heavy (non-hydrogen) atoms. The molecule has 2 rings (SSSR count). The van der Waals surface area contributed by atoms with Gasteiger partial charge in [-0.25, -0.2) is 18.4 Å². The van der Waals surface area contributed by atoms with Gasteiger partial charge in [-0.2, -0.15) is 0 Å². The Morgan fingerprint density at radius 1 is 1.37 bits per heavy atom. The normalized spacial score (nSPS) is 13.2. The monoisotopic (exact) mass is 280 g/mol. The Morgan fingerprint density at radius 2 is 2.05 bits per heavy atom. The number of hydrogen-bond acceptors (Lipinski definition) is 6. The van der Waals surface area contributed by atoms with E-state index < -0.39 is 21.9 Å². The van der Waals surface area contributed by atoms with Crippen molar-refractivity contribution >= 4 is 10.1 Å². The Bertz CT molecular complexity index is 643. The SMILES string of the molecule is CC(CS(=O)(=O)[O-])[n+]1ccc(-c2ncccn2)cn1. The Labute approximate surface area is 110 Å². The van der Waals surface area contributed by atoms with E-state index in [4.69, 9.17) is 0 Å². The van der Waals surface area contributed by atoms with Gasteiger partial charge in [0.2, 0.25) is 0 Å². The predicted molar refractivity (Wildman–Crippen MR) is 64.7 cm³/mol. The highest BCUT2D eigenvalue weighted by atomic mass is 32.2. The predicted octanol–water partition coefficient (Wildman–Crippen LogP) is -0.0677. The van der Waals surface area contributed by atoms with Crippen LogP contribution >= 0.6 is 0 Å². The second-order valence-electron chi connectivity index (χ2n) is 4.04. The zero-order valence-electron chi connectivity index (χ0n) is 10.2. The average Bonchev–Trinajstić information content (AvgIpc) is 2.38. The maximum atomic E-state index is 10.7. The van der Waals surface area contributed by atoms with Crippen LogP contribution in [0.4, 0.5) is 0 Å². The summed E-state index contributed by atoms with van der Waals surface area (Å²) in [7, 11) is -4.27. The Hall–Kier alpha value is -1.93. The lowest BCUT2D eigenvalue weighted by Crippen LogP contribution is -2.44. The summed E-state index contributed by atoms with van der Waals surface area (Å²) in [6.07, 6.45) is 6.37. The minimum atomic E-state index is -4.27. The lowest BCUT2D eigenvalue weighted by Gasteiger charge is -2.08. The van der Waals surface area contributed by atoms with Crippen LogP contribution < -0.4 is 4.68 Å². The van der Waals surface area contributed by atoms with Crippen LogP contribution in [0.5, 0.6) is 0 Å². The molecule has 0 amide bonds. The van der Waals surface area contributed by atoms with Gasteiger partial charge in [-0.3, -0.25) is 0 Å². The minimum Gasteiger partial charge on any atom is -0.748 e. The van der Waals surface area contributed by atoms with Gasteiger partial charge in [-0.15, -0.1) is 0 Å². The van der Waals surface area contributed by atoms with Gasteiger partial charge in [0.1, 0.15) is 22.1 Å². The molecule has 0 aliphatic carbocycles. The zero-order valence-corrected chi connectivity index (χ0v) is 11.0. The van der Waals surface area contributed by atoms with Crippen molar-refractivity contribution in [1.82, 2.24) is 15.1 Å². The first-order valence-corrected chi connectivity index (χ1v) is 7.12. The Morgan fingerprint density at radius 3 is 2.58 bits per heavy atom. The summed E-state index contributed by atoms with van der Waals surface area (Å²) in [5, 5.41) is 4.07. The molecule has 2 aromatic rings. The largest absolute Gasteiger partial charge is 0.748 e. The lowest BCUT2D eigenvalue weighted by molar-refractivity contribution is -0.770. The zero-order chi connectivity index (χ0) is 13.9. The van der Waals surface area contributed by atoms with Crippen LogP contribution in [0.3, 0.4) is 0 Å². The van der Waals surface area contributed by atoms with E-state index in [1.54, 1.807) is 37.6 Å². The third-order valence-electron chi connectivity index (χ3n) is 2.46. The van der Waals surface area contributed by atoms with Crippen LogP contribution in [0.2, 0.25) is 0 Å². The van der Waals surface area contributed by atoms with E-state index in [0.29, 0.717) is 11.4 Å². The van der Waals surface area contributed by atoms with E-state index in [9.17, 15) is 13.0 Å². The van der Waals surface area contributed by atoms with Gasteiger partial charge in [0.15, 0.2) is 18.1 Å². The number of aromatic nitrogens is 4. The summed E-state index contributed by atoms with van der Waals surface area (Å²) in [6.45, 7) is 1.61. The maximum Gasteiger partial charge on any atom is 0.197 e. The van der Waals surface area contributed by atoms with Crippen molar-refractivity contribution < 1.29 is 17.7 Å². The van der Waals surface area contributed by atoms with E-state index in [-0.39, 0.29) is 0 Å². The molecule has 0 N–H and O–H groups in total. The first kappa shape index (κ1) is 13.5. The highest BCUT2D eigenvalue weighted by molar-refractivity contribution is 7.85. The van der Waals surface area contributed by atoms with Crippen molar-refractivity contribution in [1.29, 1.82) is 0 Å². The second kappa shape index (κ2) is 5.37. The summed E-state index contributed by atoms with van der Waals surface area (Å²) in [5.41, 5.74) is 0.717. The average molecular weight is 280 g/mol. The quantitative estimate of drug-likeness (QED) is 0.574. The first-order valence-electron chi connectivity index (χ1n) is 5.54. The van der Waals surface area contributed by atoms with Crippen LogP contribution in [0.25, 0.3) is 11.4 Å². The number of hydrogen-bond donors (Lipinski definition) is 0. The van der Waals surface area contributed by atoms with Crippen molar-refractivity contribution in [2.75, 3.05) is 5.75 Å². The van der Waals surface area contributed by atoms with Gasteiger partial charge in [0.05, 0.1) is 0 Å². The van der Waals surface area contributed by atoms with Crippen molar-refractivity contribution in [3.8, 4) is 11.4 Å². The van der Waals surface area contributed by atoms with Crippen molar-refractivity contribution in [3.63, 3.8) is 0 Å². The third-order valence-corrected chi connectivity index (χ3v) is 3.35. The molecule has 0 saturated heterocycles. The highest BCUT2D eigenvalue weighted by Crippen LogP contribution is 2.10. The Balaban J connectivity index is 2.19. The molecule has 2 heterocycles. The summed E-state index contributed by atoms with van der Waals surface area (Å²) in [5.74, 6) is 0.0394. The smallest absolute Gasteiger partial charge is 0.197 e. The van der Waals surface area contributed by atoms with Crippen molar-refractivity contribution in [2.24, 2.45) is 0 Å². The molecule has 1 unspecified atom stereocenters. The highest BCUT2D eigenvalue weighted by Gasteiger charge is 2.18. The van der Waals surface area contributed by atoms with Crippen molar-refractivity contribution in [3.05, 3.63) is 36.9 Å². The van der Waals surface area contributed by atoms with E-state index >= 15 is 0 Å². The fourth-order valence-corrected chi connectivity index (χ4v) is 2.32. The molecule has 0 aliphatic heterocycles. The standard InChI is InChI=1S/C11H12N4O3S/c1-9(8-19(16,17)18)15-6-3-10(7-14-15)11-12-4-2-5-13-11/h2-7,9H,8H2,1H3. The minimum absolute atomic E-state index is 0.494. The maximum absolute atomic E-state index is 10.7. The van der Waals surface area contributed by atoms with E-state index in [2.05, 4.69) is 15.1 Å². The van der Waals surface area contributed by atoms with Gasteiger partial charge in [0.25, 0.3) is 0 Å². The van der Waals surface area contributed by atoms with Crippen LogP contribution in [0.1, 0.15) is 13.0 Å². The molecule has 100 valence electrons. The molecule has 0 aromatic carbocycles. The van der Waals surface area contributed by atoms with Gasteiger partial charge >= 0.3 is 0 Å².